The Morgan fingerprint density at radius 2 is 1.50 bits per heavy atom. The molecule has 0 aliphatic heterocycles. The third-order valence-electron chi connectivity index (χ3n) is 3.12. The second kappa shape index (κ2) is 6.29. The molecule has 0 aromatic heterocycles. The van der Waals surface area contributed by atoms with Gasteiger partial charge < -0.3 is 4.43 Å². The highest BCUT2D eigenvalue weighted by Crippen LogP contribution is 2.29. The zero-order chi connectivity index (χ0) is 11.2. The van der Waals surface area contributed by atoms with Gasteiger partial charge in [-0.15, -0.1) is 0 Å². The van der Waals surface area contributed by atoms with Crippen LogP contribution in [0.1, 0.15) is 41.0 Å². The Morgan fingerprint density at radius 1 is 1.07 bits per heavy atom. The first-order chi connectivity index (χ1) is 6.45. The van der Waals surface area contributed by atoms with Crippen LogP contribution in [-0.4, -0.2) is 19.2 Å². The second-order valence-electron chi connectivity index (χ2n) is 4.54. The molecule has 0 aromatic carbocycles. The minimum Gasteiger partial charge on any atom is -0.412 e. The zero-order valence-electron chi connectivity index (χ0n) is 10.3. The van der Waals surface area contributed by atoms with Crippen molar-refractivity contribution in [1.82, 2.24) is 0 Å². The SMILES string of the molecule is CC[Si](CC)(CC)OC(C)(C)CCBr. The summed E-state index contributed by atoms with van der Waals surface area (Å²) in [6.07, 6.45) is 1.10. The number of hydrogen-bond donors (Lipinski definition) is 0. The van der Waals surface area contributed by atoms with Gasteiger partial charge in [-0.1, -0.05) is 36.7 Å². The van der Waals surface area contributed by atoms with Gasteiger partial charge in [0, 0.05) is 5.33 Å². The molecule has 0 fully saturated rings. The van der Waals surface area contributed by atoms with Crippen molar-refractivity contribution in [3.05, 3.63) is 0 Å². The van der Waals surface area contributed by atoms with Gasteiger partial charge in [0.05, 0.1) is 5.60 Å². The van der Waals surface area contributed by atoms with Gasteiger partial charge >= 0.3 is 0 Å². The molecule has 0 saturated heterocycles. The molecule has 14 heavy (non-hydrogen) atoms. The summed E-state index contributed by atoms with van der Waals surface area (Å²) in [5.74, 6) is 0. The van der Waals surface area contributed by atoms with Crippen LogP contribution in [0.3, 0.4) is 0 Å². The summed E-state index contributed by atoms with van der Waals surface area (Å²) >= 11 is 3.49. The summed E-state index contributed by atoms with van der Waals surface area (Å²) in [5.41, 5.74) is 0.0533. The fourth-order valence-electron chi connectivity index (χ4n) is 1.83. The van der Waals surface area contributed by atoms with Crippen molar-refractivity contribution in [3.63, 3.8) is 0 Å². The second-order valence-corrected chi connectivity index (χ2v) is 10.0. The largest absolute Gasteiger partial charge is 0.412 e. The van der Waals surface area contributed by atoms with Crippen LogP contribution >= 0.6 is 15.9 Å². The van der Waals surface area contributed by atoms with Crippen molar-refractivity contribution >= 4 is 24.2 Å². The van der Waals surface area contributed by atoms with E-state index < -0.39 is 8.32 Å². The monoisotopic (exact) mass is 280 g/mol. The molecule has 0 aromatic rings. The average Bonchev–Trinajstić information content (AvgIpc) is 2.14. The molecule has 0 N–H and O–H groups in total. The summed E-state index contributed by atoms with van der Waals surface area (Å²) in [6.45, 7) is 11.3. The Bertz CT molecular complexity index is 147. The van der Waals surface area contributed by atoms with Crippen molar-refractivity contribution in [2.45, 2.75) is 64.8 Å². The molecule has 3 heteroatoms. The fourth-order valence-corrected chi connectivity index (χ4v) is 5.99. The van der Waals surface area contributed by atoms with Gasteiger partial charge in [0.2, 0.25) is 0 Å². The molecular formula is C11H25BrOSi. The van der Waals surface area contributed by atoms with Crippen molar-refractivity contribution in [3.8, 4) is 0 Å². The maximum Gasteiger partial charge on any atom is 0.192 e. The van der Waals surface area contributed by atoms with Crippen LogP contribution in [0.4, 0.5) is 0 Å². The van der Waals surface area contributed by atoms with Crippen molar-refractivity contribution < 1.29 is 4.43 Å². The predicted octanol–water partition coefficient (Wildman–Crippen LogP) is 4.57. The summed E-state index contributed by atoms with van der Waals surface area (Å²) in [7, 11) is -1.41. The number of hydrogen-bond acceptors (Lipinski definition) is 1. The van der Waals surface area contributed by atoms with Gasteiger partial charge in [-0.2, -0.15) is 0 Å². The van der Waals surface area contributed by atoms with Crippen LogP contribution in [-0.2, 0) is 4.43 Å². The molecule has 0 unspecified atom stereocenters. The lowest BCUT2D eigenvalue weighted by molar-refractivity contribution is 0.0929. The summed E-state index contributed by atoms with van der Waals surface area (Å²) in [6, 6.07) is 3.73. The van der Waals surface area contributed by atoms with E-state index in [1.54, 1.807) is 0 Å². The molecule has 0 saturated carbocycles. The van der Waals surface area contributed by atoms with Gasteiger partial charge in [0.15, 0.2) is 8.32 Å². The van der Waals surface area contributed by atoms with Gasteiger partial charge in [-0.05, 0) is 38.4 Å². The normalized spacial score (nSPS) is 13.3. The first kappa shape index (κ1) is 14.7. The van der Waals surface area contributed by atoms with Gasteiger partial charge in [0.1, 0.15) is 0 Å². The van der Waals surface area contributed by atoms with E-state index >= 15 is 0 Å². The molecule has 0 bridgehead atoms. The number of rotatable bonds is 7. The van der Waals surface area contributed by atoms with Crippen molar-refractivity contribution in [1.29, 1.82) is 0 Å². The topological polar surface area (TPSA) is 9.23 Å². The average molecular weight is 281 g/mol. The molecule has 0 spiro atoms. The van der Waals surface area contributed by atoms with E-state index in [9.17, 15) is 0 Å². The van der Waals surface area contributed by atoms with Crippen LogP contribution in [0.15, 0.2) is 0 Å². The fraction of sp³-hybridized carbons (Fsp3) is 1.00. The number of alkyl halides is 1. The molecule has 1 nitrogen and oxygen atoms in total. The van der Waals surface area contributed by atoms with E-state index in [-0.39, 0.29) is 5.60 Å². The van der Waals surface area contributed by atoms with E-state index in [0.717, 1.165) is 11.8 Å². The lowest BCUT2D eigenvalue weighted by atomic mass is 10.1. The van der Waals surface area contributed by atoms with Crippen molar-refractivity contribution in [2.24, 2.45) is 0 Å². The molecule has 0 radical (unpaired) electrons. The third kappa shape index (κ3) is 4.45. The van der Waals surface area contributed by atoms with Gasteiger partial charge in [0.25, 0.3) is 0 Å². The highest BCUT2D eigenvalue weighted by atomic mass is 79.9. The van der Waals surface area contributed by atoms with Gasteiger partial charge in [-0.25, -0.2) is 0 Å². The molecule has 0 aliphatic rings. The Labute approximate surface area is 98.9 Å². The first-order valence-electron chi connectivity index (χ1n) is 5.71. The minimum absolute atomic E-state index is 0.0533. The molecule has 0 rings (SSSR count). The highest BCUT2D eigenvalue weighted by Gasteiger charge is 2.34. The van der Waals surface area contributed by atoms with Crippen LogP contribution in [0, 0.1) is 0 Å². The highest BCUT2D eigenvalue weighted by molar-refractivity contribution is 9.09. The first-order valence-corrected chi connectivity index (χ1v) is 9.36. The lowest BCUT2D eigenvalue weighted by Gasteiger charge is -2.38. The summed E-state index contributed by atoms with van der Waals surface area (Å²) < 4.78 is 6.42. The van der Waals surface area contributed by atoms with E-state index in [2.05, 4.69) is 50.5 Å². The predicted molar refractivity (Wildman–Crippen MR) is 70.8 cm³/mol. The quantitative estimate of drug-likeness (QED) is 0.490. The Morgan fingerprint density at radius 3 is 1.79 bits per heavy atom. The number of halogens is 1. The van der Waals surface area contributed by atoms with Crippen molar-refractivity contribution in [2.75, 3.05) is 5.33 Å². The lowest BCUT2D eigenvalue weighted by Crippen LogP contribution is -2.44. The molecule has 0 amide bonds. The van der Waals surface area contributed by atoms with Gasteiger partial charge in [-0.3, -0.25) is 0 Å². The smallest absolute Gasteiger partial charge is 0.192 e. The molecule has 0 atom stereocenters. The van der Waals surface area contributed by atoms with E-state index in [4.69, 9.17) is 4.43 Å². The third-order valence-corrected chi connectivity index (χ3v) is 8.37. The molecular weight excluding hydrogens is 256 g/mol. The van der Waals surface area contributed by atoms with E-state index in [0.29, 0.717) is 0 Å². The van der Waals surface area contributed by atoms with E-state index in [1.165, 1.54) is 18.1 Å². The maximum atomic E-state index is 6.42. The zero-order valence-corrected chi connectivity index (χ0v) is 12.9. The Balaban J connectivity index is 4.41. The van der Waals surface area contributed by atoms with Crippen LogP contribution in [0.25, 0.3) is 0 Å². The van der Waals surface area contributed by atoms with Crippen LogP contribution < -0.4 is 0 Å². The molecule has 0 aliphatic carbocycles. The minimum atomic E-state index is -1.41. The maximum absolute atomic E-state index is 6.42. The molecule has 0 heterocycles. The van der Waals surface area contributed by atoms with Crippen LogP contribution in [0.5, 0.6) is 0 Å². The summed E-state index contributed by atoms with van der Waals surface area (Å²) in [5, 5.41) is 1.03. The van der Waals surface area contributed by atoms with Crippen LogP contribution in [0.2, 0.25) is 18.1 Å². The Hall–Kier alpha value is 0.657. The Kier molecular flexibility index (Phi) is 6.58. The standard InChI is InChI=1S/C11H25BrOSi/c1-6-14(7-2,8-3)13-11(4,5)9-10-12/h6-10H2,1-5H3. The summed E-state index contributed by atoms with van der Waals surface area (Å²) in [4.78, 5) is 0. The van der Waals surface area contributed by atoms with E-state index in [1.807, 2.05) is 0 Å². The molecule has 86 valence electrons.